The summed E-state index contributed by atoms with van der Waals surface area (Å²) < 4.78 is 0. The van der Waals surface area contributed by atoms with E-state index in [0.717, 1.165) is 16.0 Å². The van der Waals surface area contributed by atoms with E-state index in [4.69, 9.17) is 0 Å². The highest BCUT2D eigenvalue weighted by atomic mass is 32.1. The first-order chi connectivity index (χ1) is 5.59. The van der Waals surface area contributed by atoms with Gasteiger partial charge < -0.3 is 0 Å². The van der Waals surface area contributed by atoms with Crippen molar-refractivity contribution in [2.45, 2.75) is 20.8 Å². The molecule has 0 aliphatic rings. The van der Waals surface area contributed by atoms with Crippen LogP contribution in [-0.2, 0) is 0 Å². The number of thiophene rings is 1. The molecule has 0 bridgehead atoms. The van der Waals surface area contributed by atoms with Crippen LogP contribution in [0, 0.1) is 6.92 Å². The van der Waals surface area contributed by atoms with Crippen molar-refractivity contribution < 1.29 is 4.79 Å². The molecule has 1 heterocycles. The molecule has 0 saturated carbocycles. The summed E-state index contributed by atoms with van der Waals surface area (Å²) in [5.41, 5.74) is 2.21. The van der Waals surface area contributed by atoms with Gasteiger partial charge in [-0.2, -0.15) is 0 Å². The Bertz CT molecular complexity index is 316. The Morgan fingerprint density at radius 1 is 1.50 bits per heavy atom. The van der Waals surface area contributed by atoms with Crippen LogP contribution in [0.2, 0.25) is 0 Å². The molecular formula is C10H12OS. The van der Waals surface area contributed by atoms with E-state index in [1.165, 1.54) is 11.3 Å². The molecule has 1 aromatic heterocycles. The lowest BCUT2D eigenvalue weighted by Gasteiger charge is -1.89. The van der Waals surface area contributed by atoms with Gasteiger partial charge in [-0.25, -0.2) is 0 Å². The Hall–Kier alpha value is -0.890. The Morgan fingerprint density at radius 3 is 2.58 bits per heavy atom. The second-order valence-electron chi connectivity index (χ2n) is 3.07. The third-order valence-electron chi connectivity index (χ3n) is 1.39. The predicted octanol–water partition coefficient (Wildman–Crippen LogP) is 3.21. The van der Waals surface area contributed by atoms with Crippen molar-refractivity contribution in [3.05, 3.63) is 33.5 Å². The quantitative estimate of drug-likeness (QED) is 0.504. The van der Waals surface area contributed by atoms with E-state index in [0.29, 0.717) is 0 Å². The second kappa shape index (κ2) is 3.68. The highest BCUT2D eigenvalue weighted by Gasteiger charge is 2.03. The smallest absolute Gasteiger partial charge is 0.195 e. The fourth-order valence-corrected chi connectivity index (χ4v) is 1.70. The Morgan fingerprint density at radius 2 is 2.17 bits per heavy atom. The lowest BCUT2D eigenvalue weighted by atomic mass is 10.2. The zero-order valence-corrected chi connectivity index (χ0v) is 8.37. The molecule has 1 nitrogen and oxygen atoms in total. The molecule has 0 aliphatic carbocycles. The van der Waals surface area contributed by atoms with Gasteiger partial charge in [-0.1, -0.05) is 5.57 Å². The molecule has 0 spiro atoms. The zero-order valence-electron chi connectivity index (χ0n) is 7.55. The lowest BCUT2D eigenvalue weighted by Crippen LogP contribution is -1.90. The van der Waals surface area contributed by atoms with E-state index >= 15 is 0 Å². The SMILES string of the molecule is CC(C)=CC(=O)c1cc(C)cs1. The van der Waals surface area contributed by atoms with Gasteiger partial charge in [0.25, 0.3) is 0 Å². The van der Waals surface area contributed by atoms with Gasteiger partial charge in [0.05, 0.1) is 4.88 Å². The van der Waals surface area contributed by atoms with Crippen LogP contribution in [0.1, 0.15) is 29.1 Å². The summed E-state index contributed by atoms with van der Waals surface area (Å²) >= 11 is 1.51. The van der Waals surface area contributed by atoms with Crippen LogP contribution in [0.3, 0.4) is 0 Å². The number of rotatable bonds is 2. The van der Waals surface area contributed by atoms with Crippen molar-refractivity contribution in [1.29, 1.82) is 0 Å². The first-order valence-electron chi connectivity index (χ1n) is 3.84. The van der Waals surface area contributed by atoms with Crippen LogP contribution >= 0.6 is 11.3 Å². The first-order valence-corrected chi connectivity index (χ1v) is 4.72. The van der Waals surface area contributed by atoms with E-state index in [2.05, 4.69) is 0 Å². The lowest BCUT2D eigenvalue weighted by molar-refractivity contribution is 0.104. The number of hydrogen-bond donors (Lipinski definition) is 0. The highest BCUT2D eigenvalue weighted by Crippen LogP contribution is 2.15. The van der Waals surface area contributed by atoms with Crippen LogP contribution in [0.15, 0.2) is 23.1 Å². The van der Waals surface area contributed by atoms with Crippen LogP contribution in [-0.4, -0.2) is 5.78 Å². The maximum Gasteiger partial charge on any atom is 0.195 e. The average molecular weight is 180 g/mol. The Kier molecular flexibility index (Phi) is 2.82. The molecule has 64 valence electrons. The number of aryl methyl sites for hydroxylation is 1. The number of carbonyl (C=O) groups is 1. The maximum absolute atomic E-state index is 11.4. The van der Waals surface area contributed by atoms with E-state index in [1.54, 1.807) is 6.08 Å². The van der Waals surface area contributed by atoms with Crippen LogP contribution in [0.25, 0.3) is 0 Å². The topological polar surface area (TPSA) is 17.1 Å². The fourth-order valence-electron chi connectivity index (χ4n) is 0.894. The van der Waals surface area contributed by atoms with Gasteiger partial charge in [0.2, 0.25) is 0 Å². The third-order valence-corrected chi connectivity index (χ3v) is 2.46. The molecule has 2 heteroatoms. The minimum atomic E-state index is 0.119. The molecule has 1 rings (SSSR count). The van der Waals surface area contributed by atoms with Gasteiger partial charge in [0.1, 0.15) is 0 Å². The van der Waals surface area contributed by atoms with Gasteiger partial charge in [0, 0.05) is 0 Å². The molecule has 0 N–H and O–H groups in total. The van der Waals surface area contributed by atoms with Crippen molar-refractivity contribution in [3.8, 4) is 0 Å². The standard InChI is InChI=1S/C10H12OS/c1-7(2)4-9(11)10-5-8(3)6-12-10/h4-6H,1-3H3. The maximum atomic E-state index is 11.4. The molecule has 0 amide bonds. The average Bonchev–Trinajstić information content (AvgIpc) is 2.34. The summed E-state index contributed by atoms with van der Waals surface area (Å²) in [7, 11) is 0. The van der Waals surface area contributed by atoms with Crippen molar-refractivity contribution in [3.63, 3.8) is 0 Å². The molecule has 0 aromatic carbocycles. The Balaban J connectivity index is 2.86. The minimum Gasteiger partial charge on any atom is -0.288 e. The summed E-state index contributed by atoms with van der Waals surface area (Å²) in [6.45, 7) is 5.85. The monoisotopic (exact) mass is 180 g/mol. The number of allylic oxidation sites excluding steroid dienone is 2. The number of carbonyl (C=O) groups excluding carboxylic acids is 1. The zero-order chi connectivity index (χ0) is 9.14. The van der Waals surface area contributed by atoms with Gasteiger partial charge >= 0.3 is 0 Å². The summed E-state index contributed by atoms with van der Waals surface area (Å²) in [5.74, 6) is 0.119. The first kappa shape index (κ1) is 9.20. The van der Waals surface area contributed by atoms with Gasteiger partial charge in [-0.15, -0.1) is 11.3 Å². The molecule has 0 saturated heterocycles. The van der Waals surface area contributed by atoms with Crippen molar-refractivity contribution in [2.24, 2.45) is 0 Å². The van der Waals surface area contributed by atoms with Gasteiger partial charge in [-0.3, -0.25) is 4.79 Å². The van der Waals surface area contributed by atoms with E-state index < -0.39 is 0 Å². The molecule has 12 heavy (non-hydrogen) atoms. The Labute approximate surface area is 76.7 Å². The molecule has 0 unspecified atom stereocenters. The van der Waals surface area contributed by atoms with Crippen LogP contribution in [0.5, 0.6) is 0 Å². The van der Waals surface area contributed by atoms with Crippen LogP contribution < -0.4 is 0 Å². The van der Waals surface area contributed by atoms with Gasteiger partial charge in [-0.05, 0) is 43.9 Å². The van der Waals surface area contributed by atoms with E-state index in [-0.39, 0.29) is 5.78 Å². The van der Waals surface area contributed by atoms with Crippen LogP contribution in [0.4, 0.5) is 0 Å². The van der Waals surface area contributed by atoms with Crippen molar-refractivity contribution in [2.75, 3.05) is 0 Å². The molecule has 1 aromatic rings. The molecule has 0 radical (unpaired) electrons. The molecule has 0 fully saturated rings. The summed E-state index contributed by atoms with van der Waals surface area (Å²) in [6.07, 6.45) is 1.67. The normalized spacial score (nSPS) is 9.58. The minimum absolute atomic E-state index is 0.119. The molecular weight excluding hydrogens is 168 g/mol. The molecule has 0 aliphatic heterocycles. The van der Waals surface area contributed by atoms with Gasteiger partial charge in [0.15, 0.2) is 5.78 Å². The van der Waals surface area contributed by atoms with Crippen molar-refractivity contribution >= 4 is 17.1 Å². The van der Waals surface area contributed by atoms with E-state index in [1.807, 2.05) is 32.2 Å². The van der Waals surface area contributed by atoms with E-state index in [9.17, 15) is 4.79 Å². The summed E-state index contributed by atoms with van der Waals surface area (Å²) in [5, 5.41) is 1.99. The molecule has 0 atom stereocenters. The third kappa shape index (κ3) is 2.31. The fraction of sp³-hybridized carbons (Fsp3) is 0.300. The number of ketones is 1. The number of hydrogen-bond acceptors (Lipinski definition) is 2. The summed E-state index contributed by atoms with van der Waals surface area (Å²) in [6, 6.07) is 1.92. The summed E-state index contributed by atoms with van der Waals surface area (Å²) in [4.78, 5) is 12.2. The largest absolute Gasteiger partial charge is 0.288 e. The predicted molar refractivity (Wildman–Crippen MR) is 52.8 cm³/mol. The van der Waals surface area contributed by atoms with Crippen molar-refractivity contribution in [1.82, 2.24) is 0 Å². The second-order valence-corrected chi connectivity index (χ2v) is 3.99. The highest BCUT2D eigenvalue weighted by molar-refractivity contribution is 7.12.